The van der Waals surface area contributed by atoms with E-state index in [1.165, 1.54) is 19.3 Å². The van der Waals surface area contributed by atoms with Gasteiger partial charge in [0.15, 0.2) is 0 Å². The zero-order valence-electron chi connectivity index (χ0n) is 6.01. The molecule has 0 unspecified atom stereocenters. The molecule has 0 saturated heterocycles. The minimum Gasteiger partial charge on any atom is -0.393 e. The van der Waals surface area contributed by atoms with E-state index < -0.39 is 0 Å². The Labute approximate surface area is 62.9 Å². The second-order valence-corrected chi connectivity index (χ2v) is 2.29. The third-order valence-electron chi connectivity index (χ3n) is 1.57. The summed E-state index contributed by atoms with van der Waals surface area (Å²) in [5, 5.41) is 8.91. The highest BCUT2D eigenvalue weighted by atomic mass is 32.1. The highest BCUT2D eigenvalue weighted by Crippen LogP contribution is 2.16. The van der Waals surface area contributed by atoms with Gasteiger partial charge in [-0.2, -0.15) is 12.6 Å². The van der Waals surface area contributed by atoms with Gasteiger partial charge in [0.05, 0.1) is 6.10 Å². The van der Waals surface area contributed by atoms with Crippen molar-refractivity contribution in [1.82, 2.24) is 0 Å². The summed E-state index contributed by atoms with van der Waals surface area (Å²) in [5.41, 5.74) is 0. The van der Waals surface area contributed by atoms with Crippen LogP contribution >= 0.6 is 12.6 Å². The summed E-state index contributed by atoms with van der Waals surface area (Å²) in [5.74, 6) is 0. The topological polar surface area (TPSA) is 20.2 Å². The van der Waals surface area contributed by atoms with E-state index in [9.17, 15) is 0 Å². The van der Waals surface area contributed by atoms with Crippen LogP contribution in [0.15, 0.2) is 0 Å². The third-order valence-corrected chi connectivity index (χ3v) is 1.57. The van der Waals surface area contributed by atoms with Crippen molar-refractivity contribution in [1.29, 1.82) is 0 Å². The number of aliphatic hydroxyl groups is 1. The van der Waals surface area contributed by atoms with Crippen molar-refractivity contribution in [3.05, 3.63) is 0 Å². The molecule has 1 fully saturated rings. The largest absolute Gasteiger partial charge is 0.393 e. The molecule has 9 heavy (non-hydrogen) atoms. The van der Waals surface area contributed by atoms with Crippen molar-refractivity contribution in [3.63, 3.8) is 0 Å². The fourth-order valence-corrected chi connectivity index (χ4v) is 1.08. The van der Waals surface area contributed by atoms with E-state index in [-0.39, 0.29) is 6.10 Å². The fourth-order valence-electron chi connectivity index (χ4n) is 1.08. The molecule has 1 aliphatic carbocycles. The molecule has 56 valence electrons. The summed E-state index contributed by atoms with van der Waals surface area (Å²) in [7, 11) is 0. The van der Waals surface area contributed by atoms with Crippen LogP contribution in [0.25, 0.3) is 0 Å². The Morgan fingerprint density at radius 1 is 1.11 bits per heavy atom. The third kappa shape index (κ3) is 4.79. The molecule has 1 rings (SSSR count). The summed E-state index contributed by atoms with van der Waals surface area (Å²) < 4.78 is 0. The van der Waals surface area contributed by atoms with Gasteiger partial charge in [-0.15, -0.1) is 0 Å². The van der Waals surface area contributed by atoms with Crippen LogP contribution in [0.1, 0.15) is 32.1 Å². The lowest BCUT2D eigenvalue weighted by atomic mass is 9.98. The highest BCUT2D eigenvalue weighted by molar-refractivity contribution is 7.79. The van der Waals surface area contributed by atoms with Crippen LogP contribution in [0.2, 0.25) is 0 Å². The van der Waals surface area contributed by atoms with Gasteiger partial charge in [0.1, 0.15) is 0 Å². The lowest BCUT2D eigenvalue weighted by molar-refractivity contribution is 0.130. The summed E-state index contributed by atoms with van der Waals surface area (Å²) in [4.78, 5) is 0. The first kappa shape index (κ1) is 9.31. The van der Waals surface area contributed by atoms with Gasteiger partial charge in [0.2, 0.25) is 0 Å². The van der Waals surface area contributed by atoms with Crippen LogP contribution in [0.5, 0.6) is 0 Å². The van der Waals surface area contributed by atoms with Crippen LogP contribution < -0.4 is 0 Å². The summed E-state index contributed by atoms with van der Waals surface area (Å²) in [6.07, 6.45) is 7.62. The Morgan fingerprint density at radius 3 is 1.78 bits per heavy atom. The standard InChI is InChI=1S/C6H12O.CH4S/c7-6-4-2-1-3-5-6;1-2/h6-7H,1-5H2;2H,1H3. The first-order valence-corrected chi connectivity index (χ1v) is 4.42. The monoisotopic (exact) mass is 148 g/mol. The van der Waals surface area contributed by atoms with Gasteiger partial charge in [-0.05, 0) is 19.1 Å². The van der Waals surface area contributed by atoms with Crippen molar-refractivity contribution in [2.24, 2.45) is 0 Å². The molecule has 2 heteroatoms. The van der Waals surface area contributed by atoms with Crippen molar-refractivity contribution in [2.45, 2.75) is 38.2 Å². The van der Waals surface area contributed by atoms with E-state index in [1.807, 2.05) is 0 Å². The second-order valence-electron chi connectivity index (χ2n) is 2.29. The highest BCUT2D eigenvalue weighted by Gasteiger charge is 2.07. The summed E-state index contributed by atoms with van der Waals surface area (Å²) >= 11 is 3.53. The van der Waals surface area contributed by atoms with Gasteiger partial charge >= 0.3 is 0 Å². The first-order valence-electron chi connectivity index (χ1n) is 3.52. The zero-order valence-corrected chi connectivity index (χ0v) is 6.90. The molecular formula is C7H16OS. The Bertz CT molecular complexity index is 50.9. The van der Waals surface area contributed by atoms with Gasteiger partial charge in [-0.1, -0.05) is 19.3 Å². The van der Waals surface area contributed by atoms with E-state index in [4.69, 9.17) is 5.11 Å². The normalized spacial score (nSPS) is 20.3. The fraction of sp³-hybridized carbons (Fsp3) is 1.00. The van der Waals surface area contributed by atoms with Gasteiger partial charge in [0.25, 0.3) is 0 Å². The maximum atomic E-state index is 8.91. The SMILES string of the molecule is CS.OC1CCCCC1. The van der Waals surface area contributed by atoms with Crippen molar-refractivity contribution in [2.75, 3.05) is 6.26 Å². The predicted molar refractivity (Wildman–Crippen MR) is 44.0 cm³/mol. The molecule has 0 heterocycles. The lowest BCUT2D eigenvalue weighted by Crippen LogP contribution is -2.09. The number of aliphatic hydroxyl groups excluding tert-OH is 1. The van der Waals surface area contributed by atoms with E-state index in [0.717, 1.165) is 12.8 Å². The van der Waals surface area contributed by atoms with E-state index in [2.05, 4.69) is 12.6 Å². The Hall–Kier alpha value is 0.310. The molecule has 0 aliphatic heterocycles. The minimum absolute atomic E-state index is 0.0359. The zero-order chi connectivity index (χ0) is 7.11. The van der Waals surface area contributed by atoms with E-state index in [1.54, 1.807) is 6.26 Å². The van der Waals surface area contributed by atoms with Crippen LogP contribution in [0, 0.1) is 0 Å². The summed E-state index contributed by atoms with van der Waals surface area (Å²) in [6, 6.07) is 0. The van der Waals surface area contributed by atoms with Crippen LogP contribution in [-0.2, 0) is 0 Å². The molecule has 0 bridgehead atoms. The molecule has 0 spiro atoms. The van der Waals surface area contributed by atoms with Crippen LogP contribution in [-0.4, -0.2) is 17.5 Å². The van der Waals surface area contributed by atoms with Gasteiger partial charge in [-0.3, -0.25) is 0 Å². The number of thiol groups is 1. The second kappa shape index (κ2) is 6.43. The van der Waals surface area contributed by atoms with Crippen LogP contribution in [0.3, 0.4) is 0 Å². The Morgan fingerprint density at radius 2 is 1.56 bits per heavy atom. The van der Waals surface area contributed by atoms with Crippen molar-refractivity contribution in [3.8, 4) is 0 Å². The van der Waals surface area contributed by atoms with Crippen LogP contribution in [0.4, 0.5) is 0 Å². The molecule has 1 nitrogen and oxygen atoms in total. The average molecular weight is 148 g/mol. The van der Waals surface area contributed by atoms with Gasteiger partial charge < -0.3 is 5.11 Å². The molecule has 1 N–H and O–H groups in total. The molecule has 1 saturated carbocycles. The molecule has 0 amide bonds. The Kier molecular flexibility index (Phi) is 6.65. The first-order chi connectivity index (χ1) is 4.39. The van der Waals surface area contributed by atoms with Gasteiger partial charge in [0, 0.05) is 0 Å². The quantitative estimate of drug-likeness (QED) is 0.502. The lowest BCUT2D eigenvalue weighted by Gasteiger charge is -2.14. The number of hydrogen-bond acceptors (Lipinski definition) is 2. The Balaban J connectivity index is 0.000000291. The van der Waals surface area contributed by atoms with E-state index >= 15 is 0 Å². The van der Waals surface area contributed by atoms with Gasteiger partial charge in [-0.25, -0.2) is 0 Å². The molecule has 0 radical (unpaired) electrons. The predicted octanol–water partition coefficient (Wildman–Crippen LogP) is 1.86. The smallest absolute Gasteiger partial charge is 0.0540 e. The maximum absolute atomic E-state index is 8.91. The number of rotatable bonds is 0. The average Bonchev–Trinajstić information content (AvgIpc) is 1.94. The summed E-state index contributed by atoms with van der Waals surface area (Å²) in [6.45, 7) is 0. The molecule has 0 atom stereocenters. The molecule has 0 aromatic carbocycles. The molecular weight excluding hydrogens is 132 g/mol. The maximum Gasteiger partial charge on any atom is 0.0540 e. The van der Waals surface area contributed by atoms with Crippen molar-refractivity contribution >= 4 is 12.6 Å². The van der Waals surface area contributed by atoms with Crippen molar-refractivity contribution < 1.29 is 5.11 Å². The molecule has 0 aromatic heterocycles. The molecule has 1 aliphatic rings. The van der Waals surface area contributed by atoms with E-state index in [0.29, 0.717) is 0 Å². The molecule has 0 aromatic rings. The minimum atomic E-state index is 0.0359. The number of hydrogen-bond donors (Lipinski definition) is 2.